The van der Waals surface area contributed by atoms with E-state index in [0.717, 1.165) is 18.5 Å². The zero-order chi connectivity index (χ0) is 13.9. The van der Waals surface area contributed by atoms with Crippen molar-refractivity contribution in [2.45, 2.75) is 31.7 Å². The van der Waals surface area contributed by atoms with Crippen LogP contribution >= 0.6 is 0 Å². The highest BCUT2D eigenvalue weighted by Crippen LogP contribution is 2.20. The Labute approximate surface area is 117 Å². The van der Waals surface area contributed by atoms with Crippen molar-refractivity contribution < 1.29 is 14.3 Å². The van der Waals surface area contributed by atoms with Gasteiger partial charge < -0.3 is 10.1 Å². The predicted molar refractivity (Wildman–Crippen MR) is 74.9 cm³/mol. The lowest BCUT2D eigenvalue weighted by molar-refractivity contribution is 0.0938. The number of amides is 2. The highest BCUT2D eigenvalue weighted by molar-refractivity contribution is 5.95. The minimum Gasteiger partial charge on any atom is -0.447 e. The monoisotopic (exact) mass is 274 g/mol. The number of hydrogen-bond donors (Lipinski definition) is 1. The van der Waals surface area contributed by atoms with Gasteiger partial charge in [-0.2, -0.15) is 0 Å². The minimum atomic E-state index is -0.326. The Morgan fingerprint density at radius 2 is 1.90 bits per heavy atom. The van der Waals surface area contributed by atoms with Gasteiger partial charge in [-0.25, -0.2) is 4.79 Å². The summed E-state index contributed by atoms with van der Waals surface area (Å²) in [5.74, 6) is -0.0348. The molecule has 0 aromatic heterocycles. The number of benzene rings is 1. The number of nitrogens with zero attached hydrogens (tertiary/aromatic N) is 1. The van der Waals surface area contributed by atoms with Gasteiger partial charge >= 0.3 is 6.09 Å². The van der Waals surface area contributed by atoms with Gasteiger partial charge in [0.15, 0.2) is 0 Å². The molecular formula is C15H18N2O3. The lowest BCUT2D eigenvalue weighted by atomic mass is 10.1. The molecule has 1 aromatic carbocycles. The van der Waals surface area contributed by atoms with Crippen molar-refractivity contribution >= 4 is 17.7 Å². The van der Waals surface area contributed by atoms with Gasteiger partial charge in [0.1, 0.15) is 6.61 Å². The van der Waals surface area contributed by atoms with E-state index in [0.29, 0.717) is 24.8 Å². The molecule has 0 bridgehead atoms. The average Bonchev–Trinajstić information content (AvgIpc) is 3.10. The molecule has 2 aliphatic rings. The first-order valence-corrected chi connectivity index (χ1v) is 7.09. The van der Waals surface area contributed by atoms with Crippen molar-refractivity contribution in [1.82, 2.24) is 5.32 Å². The van der Waals surface area contributed by atoms with E-state index in [9.17, 15) is 9.59 Å². The lowest BCUT2D eigenvalue weighted by Crippen LogP contribution is -2.32. The molecule has 0 atom stereocenters. The maximum atomic E-state index is 12.1. The van der Waals surface area contributed by atoms with E-state index in [1.807, 2.05) is 0 Å². The Balaban J connectivity index is 1.66. The molecule has 3 rings (SSSR count). The van der Waals surface area contributed by atoms with Crippen molar-refractivity contribution in [2.75, 3.05) is 18.1 Å². The quantitative estimate of drug-likeness (QED) is 0.920. The topological polar surface area (TPSA) is 58.6 Å². The summed E-state index contributed by atoms with van der Waals surface area (Å²) in [5.41, 5.74) is 1.40. The van der Waals surface area contributed by atoms with E-state index >= 15 is 0 Å². The maximum Gasteiger partial charge on any atom is 0.414 e. The number of ether oxygens (including phenoxy) is 1. The normalized spacial score (nSPS) is 19.2. The Hall–Kier alpha value is -2.04. The van der Waals surface area contributed by atoms with Gasteiger partial charge in [-0.3, -0.25) is 9.69 Å². The molecule has 20 heavy (non-hydrogen) atoms. The van der Waals surface area contributed by atoms with Gasteiger partial charge in [0.25, 0.3) is 5.91 Å². The Morgan fingerprint density at radius 1 is 1.20 bits per heavy atom. The number of cyclic esters (lactones) is 1. The van der Waals surface area contributed by atoms with E-state index in [4.69, 9.17) is 4.74 Å². The van der Waals surface area contributed by atoms with Crippen LogP contribution in [0.1, 0.15) is 36.0 Å². The molecule has 1 N–H and O–H groups in total. The van der Waals surface area contributed by atoms with E-state index in [1.165, 1.54) is 12.8 Å². The molecule has 2 fully saturated rings. The number of carbonyl (C=O) groups excluding carboxylic acids is 2. The minimum absolute atomic E-state index is 0.0348. The zero-order valence-corrected chi connectivity index (χ0v) is 11.3. The SMILES string of the molecule is O=C(NC1CCCC1)c1ccc(N2CCOC2=O)cc1. The van der Waals surface area contributed by atoms with E-state index < -0.39 is 0 Å². The molecule has 1 aromatic rings. The summed E-state index contributed by atoms with van der Waals surface area (Å²) in [6, 6.07) is 7.40. The summed E-state index contributed by atoms with van der Waals surface area (Å²) in [4.78, 5) is 25.1. The predicted octanol–water partition coefficient (Wildman–Crippen LogP) is 2.32. The summed E-state index contributed by atoms with van der Waals surface area (Å²) < 4.78 is 4.89. The van der Waals surface area contributed by atoms with Crippen LogP contribution < -0.4 is 10.2 Å². The number of rotatable bonds is 3. The van der Waals surface area contributed by atoms with Gasteiger partial charge in [-0.1, -0.05) is 12.8 Å². The van der Waals surface area contributed by atoms with Gasteiger partial charge in [0.2, 0.25) is 0 Å². The summed E-state index contributed by atoms with van der Waals surface area (Å²) in [7, 11) is 0. The summed E-state index contributed by atoms with van der Waals surface area (Å²) in [6.45, 7) is 0.981. The van der Waals surface area contributed by atoms with Gasteiger partial charge in [-0.05, 0) is 37.1 Å². The van der Waals surface area contributed by atoms with E-state index in [1.54, 1.807) is 29.2 Å². The second kappa shape index (κ2) is 5.53. The van der Waals surface area contributed by atoms with Crippen LogP contribution in [0.4, 0.5) is 10.5 Å². The van der Waals surface area contributed by atoms with E-state index in [-0.39, 0.29) is 12.0 Å². The van der Waals surface area contributed by atoms with Crippen molar-refractivity contribution in [3.63, 3.8) is 0 Å². The number of carbonyl (C=O) groups is 2. The summed E-state index contributed by atoms with van der Waals surface area (Å²) in [6.07, 6.45) is 4.21. The van der Waals surface area contributed by atoms with Crippen LogP contribution in [-0.4, -0.2) is 31.2 Å². The fraction of sp³-hybridized carbons (Fsp3) is 0.467. The fourth-order valence-corrected chi connectivity index (χ4v) is 2.76. The van der Waals surface area contributed by atoms with Crippen molar-refractivity contribution in [1.29, 1.82) is 0 Å². The second-order valence-corrected chi connectivity index (χ2v) is 5.27. The first-order valence-electron chi connectivity index (χ1n) is 7.09. The van der Waals surface area contributed by atoms with Crippen LogP contribution in [0.3, 0.4) is 0 Å². The molecule has 1 saturated heterocycles. The summed E-state index contributed by atoms with van der Waals surface area (Å²) >= 11 is 0. The molecule has 0 unspecified atom stereocenters. The Bertz CT molecular complexity index is 506. The molecule has 2 amide bonds. The van der Waals surface area contributed by atoms with Crippen LogP contribution in [0.2, 0.25) is 0 Å². The van der Waals surface area contributed by atoms with Crippen molar-refractivity contribution in [2.24, 2.45) is 0 Å². The molecule has 1 aliphatic heterocycles. The molecule has 5 nitrogen and oxygen atoms in total. The lowest BCUT2D eigenvalue weighted by Gasteiger charge is -2.14. The van der Waals surface area contributed by atoms with Gasteiger partial charge in [-0.15, -0.1) is 0 Å². The van der Waals surface area contributed by atoms with E-state index in [2.05, 4.69) is 5.32 Å². The average molecular weight is 274 g/mol. The molecule has 1 heterocycles. The highest BCUT2D eigenvalue weighted by atomic mass is 16.6. The molecule has 106 valence electrons. The fourth-order valence-electron chi connectivity index (χ4n) is 2.76. The third kappa shape index (κ3) is 2.61. The standard InChI is InChI=1S/C15H18N2O3/c18-14(16-12-3-1-2-4-12)11-5-7-13(8-6-11)17-9-10-20-15(17)19/h5-8,12H,1-4,9-10H2,(H,16,18). The second-order valence-electron chi connectivity index (χ2n) is 5.27. The molecule has 1 saturated carbocycles. The van der Waals surface area contributed by atoms with Crippen LogP contribution in [0.15, 0.2) is 24.3 Å². The van der Waals surface area contributed by atoms with Crippen LogP contribution in [0, 0.1) is 0 Å². The van der Waals surface area contributed by atoms with Crippen LogP contribution in [0.5, 0.6) is 0 Å². The first kappa shape index (κ1) is 13.0. The molecule has 1 aliphatic carbocycles. The molecule has 5 heteroatoms. The smallest absolute Gasteiger partial charge is 0.414 e. The Kier molecular flexibility index (Phi) is 3.58. The number of hydrogen-bond acceptors (Lipinski definition) is 3. The zero-order valence-electron chi connectivity index (χ0n) is 11.3. The Morgan fingerprint density at radius 3 is 2.50 bits per heavy atom. The van der Waals surface area contributed by atoms with Crippen molar-refractivity contribution in [3.8, 4) is 0 Å². The maximum absolute atomic E-state index is 12.1. The highest BCUT2D eigenvalue weighted by Gasteiger charge is 2.24. The largest absolute Gasteiger partial charge is 0.447 e. The third-order valence-electron chi connectivity index (χ3n) is 3.89. The first-order chi connectivity index (χ1) is 9.74. The molecule has 0 spiro atoms. The summed E-state index contributed by atoms with van der Waals surface area (Å²) in [5, 5.41) is 3.05. The number of anilines is 1. The van der Waals surface area contributed by atoms with Gasteiger partial charge in [0.05, 0.1) is 6.54 Å². The van der Waals surface area contributed by atoms with Crippen LogP contribution in [-0.2, 0) is 4.74 Å². The molecular weight excluding hydrogens is 256 g/mol. The van der Waals surface area contributed by atoms with Crippen molar-refractivity contribution in [3.05, 3.63) is 29.8 Å². The number of nitrogens with one attached hydrogen (secondary N) is 1. The molecule has 0 radical (unpaired) electrons. The van der Waals surface area contributed by atoms with Gasteiger partial charge in [0, 0.05) is 17.3 Å². The third-order valence-corrected chi connectivity index (χ3v) is 3.89. The van der Waals surface area contributed by atoms with Crippen LogP contribution in [0.25, 0.3) is 0 Å².